The van der Waals surface area contributed by atoms with E-state index in [-0.39, 0.29) is 12.0 Å². The molecule has 3 rings (SSSR count). The van der Waals surface area contributed by atoms with Crippen LogP contribution in [0.1, 0.15) is 17.4 Å². The van der Waals surface area contributed by atoms with Gasteiger partial charge in [0.25, 0.3) is 0 Å². The summed E-state index contributed by atoms with van der Waals surface area (Å²) in [7, 11) is 3.73. The summed E-state index contributed by atoms with van der Waals surface area (Å²) in [6.45, 7) is 2.59. The van der Waals surface area contributed by atoms with E-state index in [1.165, 1.54) is 0 Å². The Morgan fingerprint density at radius 3 is 3.00 bits per heavy atom. The van der Waals surface area contributed by atoms with Crippen molar-refractivity contribution in [3.8, 4) is 0 Å². The summed E-state index contributed by atoms with van der Waals surface area (Å²) in [5.41, 5.74) is 1.82. The number of pyridine rings is 1. The molecule has 26 heavy (non-hydrogen) atoms. The molecule has 0 saturated carbocycles. The second-order valence-corrected chi connectivity index (χ2v) is 6.27. The van der Waals surface area contributed by atoms with Gasteiger partial charge in [-0.25, -0.2) is 4.98 Å². The van der Waals surface area contributed by atoms with Gasteiger partial charge in [0.2, 0.25) is 5.91 Å². The van der Waals surface area contributed by atoms with E-state index < -0.39 is 0 Å². The van der Waals surface area contributed by atoms with Crippen LogP contribution in [0.25, 0.3) is 0 Å². The number of carbonyl (C=O) groups is 1. The van der Waals surface area contributed by atoms with E-state index in [1.54, 1.807) is 25.6 Å². The number of hydrogen-bond donors (Lipinski definition) is 1. The second-order valence-electron chi connectivity index (χ2n) is 6.27. The van der Waals surface area contributed by atoms with Gasteiger partial charge >= 0.3 is 0 Å². The lowest BCUT2D eigenvalue weighted by Gasteiger charge is -2.34. The number of nitrogens with zero attached hydrogens (tertiary/aromatic N) is 5. The molecule has 1 saturated heterocycles. The van der Waals surface area contributed by atoms with Crippen LogP contribution in [0.15, 0.2) is 36.9 Å². The molecule has 1 N–H and O–H groups in total. The third-order valence-corrected chi connectivity index (χ3v) is 4.27. The van der Waals surface area contributed by atoms with Crippen LogP contribution in [-0.2, 0) is 16.1 Å². The van der Waals surface area contributed by atoms with Crippen LogP contribution in [-0.4, -0.2) is 71.0 Å². The molecular weight excluding hydrogens is 332 g/mol. The van der Waals surface area contributed by atoms with E-state index in [1.807, 2.05) is 35.2 Å². The van der Waals surface area contributed by atoms with Gasteiger partial charge in [0, 0.05) is 44.9 Å². The topological polar surface area (TPSA) is 83.5 Å². The van der Waals surface area contributed by atoms with Crippen molar-refractivity contribution in [2.75, 3.05) is 45.7 Å². The predicted octanol–water partition coefficient (Wildman–Crippen LogP) is 0.945. The molecule has 0 unspecified atom stereocenters. The fourth-order valence-electron chi connectivity index (χ4n) is 3.01. The summed E-state index contributed by atoms with van der Waals surface area (Å²) in [4.78, 5) is 29.3. The van der Waals surface area contributed by atoms with Gasteiger partial charge in [-0.15, -0.1) is 0 Å². The third kappa shape index (κ3) is 4.53. The molecule has 2 aromatic heterocycles. The first kappa shape index (κ1) is 18.2. The van der Waals surface area contributed by atoms with Crippen molar-refractivity contribution in [2.24, 2.45) is 0 Å². The molecule has 0 aliphatic carbocycles. The summed E-state index contributed by atoms with van der Waals surface area (Å²) in [5, 5.41) is 3.03. The van der Waals surface area contributed by atoms with Gasteiger partial charge in [-0.3, -0.25) is 19.7 Å². The lowest BCUT2D eigenvalue weighted by atomic mass is 10.2. The van der Waals surface area contributed by atoms with E-state index in [4.69, 9.17) is 4.74 Å². The van der Waals surface area contributed by atoms with Crippen LogP contribution >= 0.6 is 0 Å². The third-order valence-electron chi connectivity index (χ3n) is 4.27. The van der Waals surface area contributed by atoms with E-state index in [0.29, 0.717) is 38.6 Å². The summed E-state index contributed by atoms with van der Waals surface area (Å²) >= 11 is 0. The number of rotatable bonds is 6. The van der Waals surface area contributed by atoms with Gasteiger partial charge in [-0.05, 0) is 18.7 Å². The first-order valence-corrected chi connectivity index (χ1v) is 8.63. The van der Waals surface area contributed by atoms with Crippen molar-refractivity contribution < 1.29 is 9.53 Å². The van der Waals surface area contributed by atoms with Gasteiger partial charge in [0.05, 0.1) is 19.7 Å². The number of carbonyl (C=O) groups excluding carboxylic acids is 1. The molecule has 0 radical (unpaired) electrons. The van der Waals surface area contributed by atoms with Gasteiger partial charge in [-0.1, -0.05) is 6.07 Å². The van der Waals surface area contributed by atoms with Crippen molar-refractivity contribution >= 4 is 11.7 Å². The maximum Gasteiger partial charge on any atom is 0.236 e. The molecule has 8 heteroatoms. The SMILES string of the molecule is CNc1nccnc1[C@H]1CN(C(=O)CN(C)Cc2cccnc2)CCO1. The molecule has 1 aliphatic rings. The first-order valence-electron chi connectivity index (χ1n) is 8.63. The average molecular weight is 356 g/mol. The molecule has 3 heterocycles. The van der Waals surface area contributed by atoms with E-state index >= 15 is 0 Å². The van der Waals surface area contributed by atoms with Crippen molar-refractivity contribution in [3.05, 3.63) is 48.2 Å². The zero-order valence-electron chi connectivity index (χ0n) is 15.1. The maximum absolute atomic E-state index is 12.7. The first-order chi connectivity index (χ1) is 12.7. The van der Waals surface area contributed by atoms with Crippen molar-refractivity contribution in [3.63, 3.8) is 0 Å². The van der Waals surface area contributed by atoms with Crippen LogP contribution in [0.5, 0.6) is 0 Å². The molecule has 0 bridgehead atoms. The number of aromatic nitrogens is 3. The minimum atomic E-state index is -0.271. The number of likely N-dealkylation sites (N-methyl/N-ethyl adjacent to an activating group) is 1. The van der Waals surface area contributed by atoms with E-state index in [2.05, 4.69) is 20.3 Å². The van der Waals surface area contributed by atoms with Gasteiger partial charge in [0.1, 0.15) is 17.6 Å². The van der Waals surface area contributed by atoms with Crippen molar-refractivity contribution in [2.45, 2.75) is 12.6 Å². The predicted molar refractivity (Wildman–Crippen MR) is 97.4 cm³/mol. The summed E-state index contributed by atoms with van der Waals surface area (Å²) in [6.07, 6.45) is 6.57. The Morgan fingerprint density at radius 1 is 1.38 bits per heavy atom. The van der Waals surface area contributed by atoms with Crippen LogP contribution in [0.2, 0.25) is 0 Å². The van der Waals surface area contributed by atoms with Gasteiger partial charge < -0.3 is 15.0 Å². The summed E-state index contributed by atoms with van der Waals surface area (Å²) in [6, 6.07) is 3.91. The van der Waals surface area contributed by atoms with Gasteiger partial charge in [-0.2, -0.15) is 0 Å². The normalized spacial score (nSPS) is 17.3. The standard InChI is InChI=1S/C18H24N6O2/c1-19-18-17(21-6-7-22-18)15-12-24(8-9-26-15)16(25)13-23(2)11-14-4-3-5-20-10-14/h3-7,10,15H,8-9,11-13H2,1-2H3,(H,19,22)/t15-/m1/s1. The quantitative estimate of drug-likeness (QED) is 0.825. The molecule has 8 nitrogen and oxygen atoms in total. The zero-order chi connectivity index (χ0) is 18.4. The van der Waals surface area contributed by atoms with Crippen LogP contribution < -0.4 is 5.32 Å². The Labute approximate surface area is 153 Å². The minimum Gasteiger partial charge on any atom is -0.372 e. The number of hydrogen-bond acceptors (Lipinski definition) is 7. The Morgan fingerprint density at radius 2 is 2.23 bits per heavy atom. The minimum absolute atomic E-state index is 0.0830. The van der Waals surface area contributed by atoms with Crippen molar-refractivity contribution in [1.29, 1.82) is 0 Å². The van der Waals surface area contributed by atoms with Crippen LogP contribution in [0.4, 0.5) is 5.82 Å². The zero-order valence-corrected chi connectivity index (χ0v) is 15.1. The number of amides is 1. The average Bonchev–Trinajstić information content (AvgIpc) is 2.68. The van der Waals surface area contributed by atoms with Crippen LogP contribution in [0.3, 0.4) is 0 Å². The highest BCUT2D eigenvalue weighted by Crippen LogP contribution is 2.25. The Balaban J connectivity index is 1.59. The maximum atomic E-state index is 12.7. The Hall–Kier alpha value is -2.58. The van der Waals surface area contributed by atoms with E-state index in [0.717, 1.165) is 11.3 Å². The summed E-state index contributed by atoms with van der Waals surface area (Å²) in [5.74, 6) is 0.764. The number of nitrogens with one attached hydrogen (secondary N) is 1. The molecule has 0 aromatic carbocycles. The Bertz CT molecular complexity index is 727. The molecular formula is C18H24N6O2. The molecule has 0 spiro atoms. The number of anilines is 1. The fourth-order valence-corrected chi connectivity index (χ4v) is 3.01. The molecule has 1 aliphatic heterocycles. The highest BCUT2D eigenvalue weighted by molar-refractivity contribution is 5.78. The second kappa shape index (κ2) is 8.68. The monoisotopic (exact) mass is 356 g/mol. The Kier molecular flexibility index (Phi) is 6.08. The fraction of sp³-hybridized carbons (Fsp3) is 0.444. The van der Waals surface area contributed by atoms with Crippen molar-refractivity contribution in [1.82, 2.24) is 24.8 Å². The number of morpholine rings is 1. The van der Waals surface area contributed by atoms with E-state index in [9.17, 15) is 4.79 Å². The molecule has 2 aromatic rings. The summed E-state index contributed by atoms with van der Waals surface area (Å²) < 4.78 is 5.83. The molecule has 1 amide bonds. The smallest absolute Gasteiger partial charge is 0.236 e. The molecule has 1 fully saturated rings. The largest absolute Gasteiger partial charge is 0.372 e. The molecule has 1 atom stereocenters. The van der Waals surface area contributed by atoms with Crippen LogP contribution in [0, 0.1) is 0 Å². The number of ether oxygens (including phenoxy) is 1. The highest BCUT2D eigenvalue weighted by Gasteiger charge is 2.28. The lowest BCUT2D eigenvalue weighted by Crippen LogP contribution is -2.46. The lowest BCUT2D eigenvalue weighted by molar-refractivity contribution is -0.140. The van der Waals surface area contributed by atoms with Gasteiger partial charge in [0.15, 0.2) is 0 Å². The molecule has 138 valence electrons. The highest BCUT2D eigenvalue weighted by atomic mass is 16.5.